The number of rotatable bonds is 5. The summed E-state index contributed by atoms with van der Waals surface area (Å²) in [6.45, 7) is 0.555. The summed E-state index contributed by atoms with van der Waals surface area (Å²) in [5.74, 6) is 0.948. The van der Waals surface area contributed by atoms with Gasteiger partial charge in [-0.2, -0.15) is 0 Å². The molecule has 8 heteroatoms. The first kappa shape index (κ1) is 21.0. The highest BCUT2D eigenvalue weighted by molar-refractivity contribution is 6.04. The van der Waals surface area contributed by atoms with E-state index in [0.717, 1.165) is 18.4 Å². The molecule has 29 heavy (non-hydrogen) atoms. The molecule has 2 aliphatic rings. The number of anilines is 1. The van der Waals surface area contributed by atoms with Crippen molar-refractivity contribution in [1.82, 2.24) is 5.32 Å². The molecule has 0 aromatic heterocycles. The molecule has 2 atom stereocenters. The number of carbonyl (C=O) groups excluding carboxylic acids is 2. The van der Waals surface area contributed by atoms with E-state index in [1.165, 1.54) is 0 Å². The smallest absolute Gasteiger partial charge is 0.253 e. The topological polar surface area (TPSA) is 103 Å². The Kier molecular flexibility index (Phi) is 6.61. The summed E-state index contributed by atoms with van der Waals surface area (Å²) < 4.78 is 10.7. The van der Waals surface area contributed by atoms with Gasteiger partial charge < -0.3 is 25.8 Å². The van der Waals surface area contributed by atoms with Crippen molar-refractivity contribution in [2.24, 2.45) is 11.7 Å². The largest absolute Gasteiger partial charge is 0.454 e. The number of halogens is 1. The molecular formula is C21H24ClN3O4. The Morgan fingerprint density at radius 3 is 2.66 bits per heavy atom. The van der Waals surface area contributed by atoms with E-state index in [-0.39, 0.29) is 43.0 Å². The van der Waals surface area contributed by atoms with Gasteiger partial charge in [0.15, 0.2) is 11.5 Å². The molecule has 1 heterocycles. The number of benzene rings is 2. The molecule has 2 aromatic carbocycles. The van der Waals surface area contributed by atoms with Gasteiger partial charge in [-0.05, 0) is 49.1 Å². The summed E-state index contributed by atoms with van der Waals surface area (Å²) in [5, 5.41) is 5.78. The number of nitrogens with two attached hydrogens (primary N) is 1. The quantitative estimate of drug-likeness (QED) is 0.694. The lowest BCUT2D eigenvalue weighted by molar-refractivity contribution is -0.119. The fourth-order valence-electron chi connectivity index (χ4n) is 3.61. The average molecular weight is 418 g/mol. The fourth-order valence-corrected chi connectivity index (χ4v) is 3.61. The van der Waals surface area contributed by atoms with Gasteiger partial charge in [0.05, 0.1) is 11.3 Å². The Balaban J connectivity index is 0.00000240. The zero-order valence-electron chi connectivity index (χ0n) is 15.9. The number of amides is 2. The van der Waals surface area contributed by atoms with Crippen molar-refractivity contribution >= 4 is 29.9 Å². The van der Waals surface area contributed by atoms with Gasteiger partial charge in [-0.15, -0.1) is 12.4 Å². The Morgan fingerprint density at radius 1 is 1.07 bits per heavy atom. The van der Waals surface area contributed by atoms with Crippen molar-refractivity contribution in [3.63, 3.8) is 0 Å². The maximum Gasteiger partial charge on any atom is 0.253 e. The number of nitrogens with one attached hydrogen (secondary N) is 2. The van der Waals surface area contributed by atoms with E-state index in [9.17, 15) is 9.59 Å². The van der Waals surface area contributed by atoms with Crippen LogP contribution in [0, 0.1) is 5.92 Å². The minimum atomic E-state index is -0.253. The molecule has 2 unspecified atom stereocenters. The van der Waals surface area contributed by atoms with E-state index in [0.29, 0.717) is 35.7 Å². The van der Waals surface area contributed by atoms with E-state index in [4.69, 9.17) is 15.2 Å². The minimum absolute atomic E-state index is 0. The molecule has 1 saturated carbocycles. The minimum Gasteiger partial charge on any atom is -0.454 e. The second-order valence-corrected chi connectivity index (χ2v) is 7.18. The van der Waals surface area contributed by atoms with Crippen LogP contribution in [0.15, 0.2) is 42.5 Å². The van der Waals surface area contributed by atoms with Crippen LogP contribution in [-0.4, -0.2) is 24.6 Å². The number of para-hydroxylation sites is 1. The van der Waals surface area contributed by atoms with E-state index in [1.54, 1.807) is 24.3 Å². The maximum absolute atomic E-state index is 12.7. The Hall–Kier alpha value is -2.77. The van der Waals surface area contributed by atoms with Crippen LogP contribution in [0.5, 0.6) is 11.5 Å². The third kappa shape index (κ3) is 4.81. The standard InChI is InChI=1S/C21H23N3O4.ClH/c22-15-7-6-14(10-15)20(25)24-17-4-2-1-3-16(17)21(26)23-11-13-5-8-18-19(9-13)28-12-27-18;/h1-5,8-9,14-15H,6-7,10-12,22H2,(H,23,26)(H,24,25);1H. The molecule has 154 valence electrons. The maximum atomic E-state index is 12.7. The normalized spacial score (nSPS) is 19.3. The molecule has 1 aliphatic heterocycles. The predicted octanol–water partition coefficient (Wildman–Crippen LogP) is 2.83. The van der Waals surface area contributed by atoms with Crippen LogP contribution in [0.1, 0.15) is 35.2 Å². The molecular weight excluding hydrogens is 394 g/mol. The molecule has 2 aromatic rings. The Labute approximate surface area is 175 Å². The molecule has 4 N–H and O–H groups in total. The van der Waals surface area contributed by atoms with Crippen LogP contribution in [0.3, 0.4) is 0 Å². The van der Waals surface area contributed by atoms with E-state index in [2.05, 4.69) is 10.6 Å². The van der Waals surface area contributed by atoms with Crippen LogP contribution >= 0.6 is 12.4 Å². The zero-order valence-corrected chi connectivity index (χ0v) is 16.7. The lowest BCUT2D eigenvalue weighted by Crippen LogP contribution is -2.27. The summed E-state index contributed by atoms with van der Waals surface area (Å²) in [5.41, 5.74) is 7.74. The molecule has 1 aliphatic carbocycles. The summed E-state index contributed by atoms with van der Waals surface area (Å²) in [7, 11) is 0. The number of carbonyl (C=O) groups is 2. The second kappa shape index (κ2) is 9.15. The first-order valence-corrected chi connectivity index (χ1v) is 9.42. The van der Waals surface area contributed by atoms with Crippen LogP contribution in [0.4, 0.5) is 5.69 Å². The van der Waals surface area contributed by atoms with Crippen molar-refractivity contribution in [2.75, 3.05) is 12.1 Å². The second-order valence-electron chi connectivity index (χ2n) is 7.18. The molecule has 0 saturated heterocycles. The lowest BCUT2D eigenvalue weighted by Gasteiger charge is -2.14. The lowest BCUT2D eigenvalue weighted by atomic mass is 10.1. The molecule has 7 nitrogen and oxygen atoms in total. The zero-order chi connectivity index (χ0) is 19.5. The fraction of sp³-hybridized carbons (Fsp3) is 0.333. The third-order valence-electron chi connectivity index (χ3n) is 5.16. The summed E-state index contributed by atoms with van der Waals surface area (Å²) in [4.78, 5) is 25.2. The SMILES string of the molecule is Cl.NC1CCC(C(=O)Nc2ccccc2C(=O)NCc2ccc3c(c2)OCO3)C1. The van der Waals surface area contributed by atoms with E-state index in [1.807, 2.05) is 18.2 Å². The van der Waals surface area contributed by atoms with Crippen LogP contribution < -0.4 is 25.8 Å². The first-order chi connectivity index (χ1) is 13.6. The van der Waals surface area contributed by atoms with Crippen molar-refractivity contribution in [3.05, 3.63) is 53.6 Å². The van der Waals surface area contributed by atoms with Gasteiger partial charge in [-0.1, -0.05) is 18.2 Å². The van der Waals surface area contributed by atoms with Crippen molar-refractivity contribution in [2.45, 2.75) is 31.8 Å². The van der Waals surface area contributed by atoms with Gasteiger partial charge in [0.25, 0.3) is 5.91 Å². The number of ether oxygens (including phenoxy) is 2. The monoisotopic (exact) mass is 417 g/mol. The Bertz CT molecular complexity index is 905. The molecule has 0 bridgehead atoms. The first-order valence-electron chi connectivity index (χ1n) is 9.42. The van der Waals surface area contributed by atoms with Crippen LogP contribution in [-0.2, 0) is 11.3 Å². The summed E-state index contributed by atoms with van der Waals surface area (Å²) in [6, 6.07) is 12.6. The van der Waals surface area contributed by atoms with Gasteiger partial charge in [-0.25, -0.2) is 0 Å². The van der Waals surface area contributed by atoms with E-state index < -0.39 is 0 Å². The number of hydrogen-bond donors (Lipinski definition) is 3. The number of fused-ring (bicyclic) bond motifs is 1. The molecule has 1 fully saturated rings. The Morgan fingerprint density at radius 2 is 1.86 bits per heavy atom. The van der Waals surface area contributed by atoms with Gasteiger partial charge in [-0.3, -0.25) is 9.59 Å². The van der Waals surface area contributed by atoms with Crippen molar-refractivity contribution in [3.8, 4) is 11.5 Å². The average Bonchev–Trinajstić information content (AvgIpc) is 3.35. The molecule has 0 spiro atoms. The van der Waals surface area contributed by atoms with Crippen molar-refractivity contribution < 1.29 is 19.1 Å². The van der Waals surface area contributed by atoms with Gasteiger partial charge in [0, 0.05) is 18.5 Å². The van der Waals surface area contributed by atoms with Crippen molar-refractivity contribution in [1.29, 1.82) is 0 Å². The number of hydrogen-bond acceptors (Lipinski definition) is 5. The van der Waals surface area contributed by atoms with Gasteiger partial charge in [0.1, 0.15) is 0 Å². The molecule has 0 radical (unpaired) electrons. The summed E-state index contributed by atoms with van der Waals surface area (Å²) in [6.07, 6.45) is 2.32. The highest BCUT2D eigenvalue weighted by Gasteiger charge is 2.28. The predicted molar refractivity (Wildman–Crippen MR) is 111 cm³/mol. The molecule has 2 amide bonds. The van der Waals surface area contributed by atoms with E-state index >= 15 is 0 Å². The highest BCUT2D eigenvalue weighted by atomic mass is 35.5. The third-order valence-corrected chi connectivity index (χ3v) is 5.16. The van der Waals surface area contributed by atoms with Gasteiger partial charge in [0.2, 0.25) is 12.7 Å². The van der Waals surface area contributed by atoms with Crippen LogP contribution in [0.2, 0.25) is 0 Å². The van der Waals surface area contributed by atoms with Crippen LogP contribution in [0.25, 0.3) is 0 Å². The molecule has 4 rings (SSSR count). The highest BCUT2D eigenvalue weighted by Crippen LogP contribution is 2.32. The summed E-state index contributed by atoms with van der Waals surface area (Å²) >= 11 is 0. The van der Waals surface area contributed by atoms with Gasteiger partial charge >= 0.3 is 0 Å².